The number of aryl methyl sites for hydroxylation is 1. The van der Waals surface area contributed by atoms with Gasteiger partial charge in [0.25, 0.3) is 0 Å². The van der Waals surface area contributed by atoms with Crippen molar-refractivity contribution in [1.82, 2.24) is 15.1 Å². The average Bonchev–Trinajstić information content (AvgIpc) is 3.03. The number of nitrogens with zero attached hydrogens (tertiary/aromatic N) is 2. The highest BCUT2D eigenvalue weighted by molar-refractivity contribution is 7.99. The maximum atomic E-state index is 4.19. The summed E-state index contributed by atoms with van der Waals surface area (Å²) in [4.78, 5) is 1.28. The zero-order valence-corrected chi connectivity index (χ0v) is 11.0. The Balaban J connectivity index is 1.77. The Labute approximate surface area is 102 Å². The fourth-order valence-electron chi connectivity index (χ4n) is 1.85. The lowest BCUT2D eigenvalue weighted by atomic mass is 10.2. The van der Waals surface area contributed by atoms with E-state index in [2.05, 4.69) is 23.5 Å². The molecule has 1 saturated carbocycles. The van der Waals surface area contributed by atoms with Crippen molar-refractivity contribution in [3.8, 4) is 0 Å². The number of nitrogens with one attached hydrogen (secondary N) is 1. The van der Waals surface area contributed by atoms with Crippen molar-refractivity contribution in [2.75, 3.05) is 12.3 Å². The summed E-state index contributed by atoms with van der Waals surface area (Å²) in [6.45, 7) is 3.37. The highest BCUT2D eigenvalue weighted by Gasteiger charge is 2.30. The van der Waals surface area contributed by atoms with Crippen LogP contribution in [0.3, 0.4) is 0 Å². The molecule has 0 saturated heterocycles. The maximum Gasteiger partial charge on any atom is 0.0625 e. The van der Waals surface area contributed by atoms with Crippen LogP contribution in [0.5, 0.6) is 0 Å². The predicted molar refractivity (Wildman–Crippen MR) is 68.7 cm³/mol. The molecule has 16 heavy (non-hydrogen) atoms. The van der Waals surface area contributed by atoms with Gasteiger partial charge in [0.2, 0.25) is 0 Å². The number of aromatic nitrogens is 2. The van der Waals surface area contributed by atoms with Gasteiger partial charge in [-0.05, 0) is 31.7 Å². The Hall–Kier alpha value is -0.480. The number of hydrogen-bond acceptors (Lipinski definition) is 3. The lowest BCUT2D eigenvalue weighted by Crippen LogP contribution is -2.33. The van der Waals surface area contributed by atoms with E-state index in [1.807, 2.05) is 29.7 Å². The van der Waals surface area contributed by atoms with Gasteiger partial charge in [-0.15, -0.1) is 11.8 Å². The average molecular weight is 239 g/mol. The molecule has 1 fully saturated rings. The zero-order chi connectivity index (χ0) is 11.4. The third kappa shape index (κ3) is 3.52. The van der Waals surface area contributed by atoms with Gasteiger partial charge < -0.3 is 5.32 Å². The van der Waals surface area contributed by atoms with Gasteiger partial charge in [-0.1, -0.05) is 6.92 Å². The Morgan fingerprint density at radius 2 is 2.44 bits per heavy atom. The smallest absolute Gasteiger partial charge is 0.0625 e. The molecule has 4 heteroatoms. The van der Waals surface area contributed by atoms with Crippen molar-refractivity contribution in [2.45, 2.75) is 37.1 Å². The van der Waals surface area contributed by atoms with Gasteiger partial charge in [-0.25, -0.2) is 0 Å². The second-order valence-electron chi connectivity index (χ2n) is 4.56. The van der Waals surface area contributed by atoms with Gasteiger partial charge in [-0.2, -0.15) is 5.10 Å². The third-order valence-corrected chi connectivity index (χ3v) is 4.03. The van der Waals surface area contributed by atoms with Gasteiger partial charge in [0.1, 0.15) is 0 Å². The molecule has 0 bridgehead atoms. The number of rotatable bonds is 7. The molecule has 1 atom stereocenters. The van der Waals surface area contributed by atoms with Crippen LogP contribution < -0.4 is 5.32 Å². The lowest BCUT2D eigenvalue weighted by molar-refractivity contribution is 0.503. The second kappa shape index (κ2) is 5.73. The predicted octanol–water partition coefficient (Wildman–Crippen LogP) is 2.29. The van der Waals surface area contributed by atoms with E-state index in [4.69, 9.17) is 0 Å². The standard InChI is InChI=1S/C12H21N3S/c1-3-6-13-12(10-4-5-10)9-16-11-7-14-15(2)8-11/h7-8,10,12-13H,3-6,9H2,1-2H3. The van der Waals surface area contributed by atoms with Crippen LogP contribution in [0.15, 0.2) is 17.3 Å². The molecule has 0 aliphatic heterocycles. The second-order valence-corrected chi connectivity index (χ2v) is 5.65. The minimum absolute atomic E-state index is 0.699. The van der Waals surface area contributed by atoms with Crippen LogP contribution in [0.2, 0.25) is 0 Å². The SMILES string of the molecule is CCCNC(CSc1cnn(C)c1)C1CC1. The van der Waals surface area contributed by atoms with E-state index in [1.165, 1.54) is 29.9 Å². The molecule has 1 heterocycles. The van der Waals surface area contributed by atoms with Crippen molar-refractivity contribution in [3.05, 3.63) is 12.4 Å². The van der Waals surface area contributed by atoms with Crippen molar-refractivity contribution in [3.63, 3.8) is 0 Å². The van der Waals surface area contributed by atoms with E-state index in [9.17, 15) is 0 Å². The largest absolute Gasteiger partial charge is 0.313 e. The van der Waals surface area contributed by atoms with Gasteiger partial charge in [-0.3, -0.25) is 4.68 Å². The van der Waals surface area contributed by atoms with Gasteiger partial charge in [0, 0.05) is 29.9 Å². The molecule has 90 valence electrons. The Kier molecular flexibility index (Phi) is 4.29. The summed E-state index contributed by atoms with van der Waals surface area (Å²) in [5.74, 6) is 2.10. The van der Waals surface area contributed by atoms with Crippen LogP contribution in [-0.4, -0.2) is 28.1 Å². The Morgan fingerprint density at radius 3 is 3.00 bits per heavy atom. The molecule has 0 aromatic carbocycles. The molecular formula is C12H21N3S. The molecular weight excluding hydrogens is 218 g/mol. The summed E-state index contributed by atoms with van der Waals surface area (Å²) in [7, 11) is 1.97. The summed E-state index contributed by atoms with van der Waals surface area (Å²) in [5, 5.41) is 7.85. The van der Waals surface area contributed by atoms with Crippen molar-refractivity contribution in [1.29, 1.82) is 0 Å². The van der Waals surface area contributed by atoms with E-state index in [-0.39, 0.29) is 0 Å². The number of hydrogen-bond donors (Lipinski definition) is 1. The van der Waals surface area contributed by atoms with Crippen LogP contribution >= 0.6 is 11.8 Å². The van der Waals surface area contributed by atoms with E-state index in [1.54, 1.807) is 0 Å². The van der Waals surface area contributed by atoms with Crippen molar-refractivity contribution in [2.24, 2.45) is 13.0 Å². The molecule has 0 amide bonds. The molecule has 2 rings (SSSR count). The monoisotopic (exact) mass is 239 g/mol. The third-order valence-electron chi connectivity index (χ3n) is 2.96. The molecule has 1 aromatic heterocycles. The zero-order valence-electron chi connectivity index (χ0n) is 10.1. The maximum absolute atomic E-state index is 4.19. The minimum atomic E-state index is 0.699. The van der Waals surface area contributed by atoms with Crippen LogP contribution in [0.1, 0.15) is 26.2 Å². The number of thioether (sulfide) groups is 1. The van der Waals surface area contributed by atoms with E-state index in [0.29, 0.717) is 6.04 Å². The van der Waals surface area contributed by atoms with Crippen LogP contribution in [0.4, 0.5) is 0 Å². The molecule has 1 aliphatic carbocycles. The van der Waals surface area contributed by atoms with Gasteiger partial charge in [0.05, 0.1) is 6.20 Å². The molecule has 1 unspecified atom stereocenters. The van der Waals surface area contributed by atoms with E-state index in [0.717, 1.165) is 12.5 Å². The topological polar surface area (TPSA) is 29.9 Å². The first-order valence-corrected chi connectivity index (χ1v) is 7.13. The molecule has 1 N–H and O–H groups in total. The normalized spacial score (nSPS) is 17.6. The van der Waals surface area contributed by atoms with Crippen molar-refractivity contribution < 1.29 is 0 Å². The van der Waals surface area contributed by atoms with Crippen molar-refractivity contribution >= 4 is 11.8 Å². The van der Waals surface area contributed by atoms with E-state index < -0.39 is 0 Å². The Bertz CT molecular complexity index is 320. The fraction of sp³-hybridized carbons (Fsp3) is 0.750. The lowest BCUT2D eigenvalue weighted by Gasteiger charge is -2.16. The molecule has 1 aliphatic rings. The van der Waals surface area contributed by atoms with Crippen LogP contribution in [0.25, 0.3) is 0 Å². The fourth-order valence-corrected chi connectivity index (χ4v) is 2.96. The minimum Gasteiger partial charge on any atom is -0.313 e. The molecule has 1 aromatic rings. The molecule has 3 nitrogen and oxygen atoms in total. The first-order chi connectivity index (χ1) is 7.79. The summed E-state index contributed by atoms with van der Waals surface area (Å²) in [6.07, 6.45) is 8.09. The summed E-state index contributed by atoms with van der Waals surface area (Å²) >= 11 is 1.92. The first-order valence-electron chi connectivity index (χ1n) is 6.14. The van der Waals surface area contributed by atoms with Gasteiger partial charge in [0.15, 0.2) is 0 Å². The highest BCUT2D eigenvalue weighted by atomic mass is 32.2. The summed E-state index contributed by atoms with van der Waals surface area (Å²) in [5.41, 5.74) is 0. The summed E-state index contributed by atoms with van der Waals surface area (Å²) in [6, 6.07) is 0.699. The first kappa shape index (κ1) is 12.0. The molecule has 0 spiro atoms. The summed E-state index contributed by atoms with van der Waals surface area (Å²) < 4.78 is 1.87. The Morgan fingerprint density at radius 1 is 1.62 bits per heavy atom. The van der Waals surface area contributed by atoms with Gasteiger partial charge >= 0.3 is 0 Å². The van der Waals surface area contributed by atoms with Crippen LogP contribution in [-0.2, 0) is 7.05 Å². The quantitative estimate of drug-likeness (QED) is 0.740. The van der Waals surface area contributed by atoms with E-state index >= 15 is 0 Å². The molecule has 0 radical (unpaired) electrons. The van der Waals surface area contributed by atoms with Crippen LogP contribution in [0, 0.1) is 5.92 Å². The highest BCUT2D eigenvalue weighted by Crippen LogP contribution is 2.35.